The maximum atomic E-state index is 13.5. The zero-order valence-corrected chi connectivity index (χ0v) is 20.6. The van der Waals surface area contributed by atoms with Gasteiger partial charge in [0.1, 0.15) is 6.33 Å². The van der Waals surface area contributed by atoms with Gasteiger partial charge in [0.2, 0.25) is 0 Å². The molecule has 4 heterocycles. The Hall–Kier alpha value is -3.99. The fraction of sp³-hybridized carbons (Fsp3) is 0.375. The molecule has 0 radical (unpaired) electrons. The van der Waals surface area contributed by atoms with Crippen molar-refractivity contribution in [3.05, 3.63) is 59.8 Å². The van der Waals surface area contributed by atoms with Crippen LogP contribution in [0.5, 0.6) is 0 Å². The Morgan fingerprint density at radius 1 is 1.17 bits per heavy atom. The molecule has 1 atom stereocenters. The van der Waals surface area contributed by atoms with Crippen LogP contribution in [0.3, 0.4) is 0 Å². The van der Waals surface area contributed by atoms with Gasteiger partial charge >= 0.3 is 6.03 Å². The first-order valence-corrected chi connectivity index (χ1v) is 11.5. The molecule has 1 aliphatic rings. The molecule has 0 bridgehead atoms. The number of nitrogens with one attached hydrogen (secondary N) is 3. The van der Waals surface area contributed by atoms with Gasteiger partial charge in [-0.2, -0.15) is 5.10 Å². The van der Waals surface area contributed by atoms with Crippen LogP contribution in [-0.4, -0.2) is 66.2 Å². The zero-order chi connectivity index (χ0) is 24.7. The fourth-order valence-electron chi connectivity index (χ4n) is 4.61. The van der Waals surface area contributed by atoms with Gasteiger partial charge < -0.3 is 25.0 Å². The standard InChI is InChI=1S/C24H30N10O/c1-24(2)19-16(20(31-30-19)29-21-18-22(26-13-25-21)33(5)14-27-18)11-34(24)23(35)28-17(12-32(3)4)15-9-7-6-8-10-15/h6-10,13-14,17H,11-12H2,1-5H3,(H,28,35)(H2,25,26,29,30,31)/t17-/m1/s1. The summed E-state index contributed by atoms with van der Waals surface area (Å²) in [4.78, 5) is 30.5. The van der Waals surface area contributed by atoms with E-state index in [4.69, 9.17) is 0 Å². The molecule has 1 aliphatic heterocycles. The van der Waals surface area contributed by atoms with Crippen molar-refractivity contribution in [1.29, 1.82) is 0 Å². The molecule has 0 spiro atoms. The predicted octanol–water partition coefficient (Wildman–Crippen LogP) is 2.89. The van der Waals surface area contributed by atoms with E-state index in [-0.39, 0.29) is 12.1 Å². The van der Waals surface area contributed by atoms with Gasteiger partial charge in [-0.05, 0) is 33.5 Å². The number of imidazole rings is 1. The van der Waals surface area contributed by atoms with Crippen LogP contribution in [0, 0.1) is 0 Å². The molecule has 3 N–H and O–H groups in total. The number of hydrogen-bond acceptors (Lipinski definition) is 7. The summed E-state index contributed by atoms with van der Waals surface area (Å²) in [6.45, 7) is 5.14. The Kier molecular flexibility index (Phi) is 5.64. The van der Waals surface area contributed by atoms with Crippen molar-refractivity contribution in [2.75, 3.05) is 26.0 Å². The number of amides is 2. The van der Waals surface area contributed by atoms with E-state index in [1.807, 2.05) is 74.8 Å². The summed E-state index contributed by atoms with van der Waals surface area (Å²) >= 11 is 0. The number of carbonyl (C=O) groups is 1. The molecule has 0 saturated carbocycles. The van der Waals surface area contributed by atoms with Crippen LogP contribution in [0.1, 0.15) is 36.7 Å². The number of hydrogen-bond donors (Lipinski definition) is 3. The maximum absolute atomic E-state index is 13.5. The highest BCUT2D eigenvalue weighted by atomic mass is 16.2. The van der Waals surface area contributed by atoms with Gasteiger partial charge in [0.25, 0.3) is 0 Å². The minimum absolute atomic E-state index is 0.129. The number of benzene rings is 1. The summed E-state index contributed by atoms with van der Waals surface area (Å²) in [5, 5.41) is 14.2. The summed E-state index contributed by atoms with van der Waals surface area (Å²) in [5.74, 6) is 1.20. The van der Waals surface area contributed by atoms with E-state index in [1.165, 1.54) is 6.33 Å². The first-order valence-electron chi connectivity index (χ1n) is 11.5. The number of rotatable bonds is 6. The van der Waals surface area contributed by atoms with Crippen molar-refractivity contribution in [2.45, 2.75) is 32.0 Å². The van der Waals surface area contributed by atoms with Crippen LogP contribution in [0.25, 0.3) is 11.2 Å². The van der Waals surface area contributed by atoms with Crippen molar-refractivity contribution in [3.63, 3.8) is 0 Å². The minimum atomic E-state index is -0.572. The minimum Gasteiger partial charge on any atom is -0.330 e. The van der Waals surface area contributed by atoms with Crippen molar-refractivity contribution in [1.82, 2.24) is 44.8 Å². The van der Waals surface area contributed by atoms with Crippen LogP contribution in [0.2, 0.25) is 0 Å². The van der Waals surface area contributed by atoms with Crippen LogP contribution in [0.15, 0.2) is 43.0 Å². The average molecular weight is 475 g/mol. The average Bonchev–Trinajstić information content (AvgIpc) is 3.48. The summed E-state index contributed by atoms with van der Waals surface area (Å²) in [7, 11) is 5.89. The normalized spacial score (nSPS) is 15.4. The number of carbonyl (C=O) groups excluding carboxylic acids is 1. The highest BCUT2D eigenvalue weighted by molar-refractivity contribution is 5.85. The smallest absolute Gasteiger partial charge is 0.319 e. The molecule has 3 aromatic heterocycles. The molecule has 35 heavy (non-hydrogen) atoms. The lowest BCUT2D eigenvalue weighted by atomic mass is 10.0. The van der Waals surface area contributed by atoms with Crippen LogP contribution in [-0.2, 0) is 19.1 Å². The molecular weight excluding hydrogens is 444 g/mol. The largest absolute Gasteiger partial charge is 0.330 e. The van der Waals surface area contributed by atoms with Crippen molar-refractivity contribution in [2.24, 2.45) is 7.05 Å². The van der Waals surface area contributed by atoms with Gasteiger partial charge in [-0.25, -0.2) is 19.7 Å². The van der Waals surface area contributed by atoms with Crippen LogP contribution in [0.4, 0.5) is 16.4 Å². The predicted molar refractivity (Wildman–Crippen MR) is 133 cm³/mol. The van der Waals surface area contributed by atoms with E-state index in [9.17, 15) is 4.79 Å². The summed E-state index contributed by atoms with van der Waals surface area (Å²) in [5.41, 5.74) is 3.70. The van der Waals surface area contributed by atoms with Gasteiger partial charge in [0.05, 0.1) is 30.1 Å². The number of fused-ring (bicyclic) bond motifs is 2. The van der Waals surface area contributed by atoms with E-state index in [0.717, 1.165) is 22.5 Å². The van der Waals surface area contributed by atoms with Crippen molar-refractivity contribution in [3.8, 4) is 0 Å². The Bertz CT molecular complexity index is 1360. The van der Waals surface area contributed by atoms with Gasteiger partial charge in [0, 0.05) is 19.2 Å². The fourth-order valence-corrected chi connectivity index (χ4v) is 4.61. The molecule has 0 fully saturated rings. The summed E-state index contributed by atoms with van der Waals surface area (Å²) in [6.07, 6.45) is 3.20. The lowest BCUT2D eigenvalue weighted by molar-refractivity contribution is 0.138. The quantitative estimate of drug-likeness (QED) is 0.393. The second-order valence-corrected chi connectivity index (χ2v) is 9.62. The SMILES string of the molecule is CN(C)C[C@@H](NC(=O)N1Cc2c(Nc3ncnc4c3ncn4C)n[nH]c2C1(C)C)c1ccccc1. The molecule has 0 saturated heterocycles. The van der Waals surface area contributed by atoms with Crippen molar-refractivity contribution < 1.29 is 4.79 Å². The number of urea groups is 1. The Labute approximate surface area is 203 Å². The molecule has 0 unspecified atom stereocenters. The van der Waals surface area contributed by atoms with Gasteiger partial charge in [-0.15, -0.1) is 0 Å². The van der Waals surface area contributed by atoms with E-state index < -0.39 is 5.54 Å². The maximum Gasteiger partial charge on any atom is 0.319 e. The van der Waals surface area contributed by atoms with Crippen molar-refractivity contribution >= 4 is 28.8 Å². The summed E-state index contributed by atoms with van der Waals surface area (Å²) < 4.78 is 1.84. The molecule has 182 valence electrons. The number of anilines is 2. The number of nitrogens with zero attached hydrogens (tertiary/aromatic N) is 7. The van der Waals surface area contributed by atoms with E-state index >= 15 is 0 Å². The first kappa shape index (κ1) is 22.8. The Balaban J connectivity index is 1.39. The summed E-state index contributed by atoms with van der Waals surface area (Å²) in [6, 6.07) is 9.77. The van der Waals surface area contributed by atoms with E-state index in [1.54, 1.807) is 6.33 Å². The lowest BCUT2D eigenvalue weighted by Crippen LogP contribution is -2.48. The number of likely N-dealkylation sites (N-methyl/N-ethyl adjacent to an activating group) is 1. The van der Waals surface area contributed by atoms with E-state index in [0.29, 0.717) is 30.2 Å². The second kappa shape index (κ2) is 8.66. The van der Waals surface area contributed by atoms with Gasteiger partial charge in [-0.1, -0.05) is 30.3 Å². The molecule has 11 nitrogen and oxygen atoms in total. The third-order valence-electron chi connectivity index (χ3n) is 6.50. The van der Waals surface area contributed by atoms with Gasteiger partial charge in [0.15, 0.2) is 22.8 Å². The van der Waals surface area contributed by atoms with E-state index in [2.05, 4.69) is 40.7 Å². The van der Waals surface area contributed by atoms with Crippen LogP contribution >= 0.6 is 0 Å². The van der Waals surface area contributed by atoms with Crippen LogP contribution < -0.4 is 10.6 Å². The zero-order valence-electron chi connectivity index (χ0n) is 20.6. The second-order valence-electron chi connectivity index (χ2n) is 9.62. The highest BCUT2D eigenvalue weighted by Gasteiger charge is 2.44. The molecule has 5 rings (SSSR count). The number of H-pyrrole nitrogens is 1. The topological polar surface area (TPSA) is 120 Å². The third-order valence-corrected chi connectivity index (χ3v) is 6.50. The highest BCUT2D eigenvalue weighted by Crippen LogP contribution is 2.41. The molecular formula is C24H30N10O. The number of aryl methyl sites for hydroxylation is 1. The number of aromatic nitrogens is 6. The molecule has 2 amide bonds. The Morgan fingerprint density at radius 3 is 2.69 bits per heavy atom. The molecule has 11 heteroatoms. The molecule has 1 aromatic carbocycles. The number of aromatic amines is 1. The first-order chi connectivity index (χ1) is 16.8. The third kappa shape index (κ3) is 4.08. The lowest BCUT2D eigenvalue weighted by Gasteiger charge is -2.34. The monoisotopic (exact) mass is 474 g/mol. The van der Waals surface area contributed by atoms with Gasteiger partial charge in [-0.3, -0.25) is 5.10 Å². The molecule has 4 aromatic rings. The molecule has 0 aliphatic carbocycles. The Morgan fingerprint density at radius 2 is 1.94 bits per heavy atom.